The Morgan fingerprint density at radius 1 is 1.33 bits per heavy atom. The van der Waals surface area contributed by atoms with Crippen LogP contribution in [0.4, 0.5) is 5.69 Å². The van der Waals surface area contributed by atoms with E-state index in [9.17, 15) is 4.79 Å². The molecule has 144 valence electrons. The zero-order chi connectivity index (χ0) is 18.8. The fourth-order valence-corrected chi connectivity index (χ4v) is 4.94. The molecule has 4 rings (SSSR count). The molecule has 2 aliphatic rings. The quantitative estimate of drug-likeness (QED) is 0.792. The fourth-order valence-electron chi connectivity index (χ4n) is 4.34. The summed E-state index contributed by atoms with van der Waals surface area (Å²) in [4.78, 5) is 19.8. The maximum Gasteiger partial charge on any atom is 0.223 e. The van der Waals surface area contributed by atoms with Gasteiger partial charge in [0.25, 0.3) is 0 Å². The number of carbonyl (C=O) groups excluding carboxylic acids is 1. The van der Waals surface area contributed by atoms with Crippen LogP contribution in [0, 0.1) is 12.8 Å². The van der Waals surface area contributed by atoms with E-state index in [1.165, 1.54) is 11.1 Å². The van der Waals surface area contributed by atoms with E-state index in [1.807, 2.05) is 13.0 Å². The number of fused-ring (bicyclic) bond motifs is 1. The molecule has 1 unspecified atom stereocenters. The molecular formula is C21H28N4OS. The summed E-state index contributed by atoms with van der Waals surface area (Å²) in [6.45, 7) is 4.87. The normalized spacial score (nSPS) is 21.0. The van der Waals surface area contributed by atoms with Gasteiger partial charge in [-0.2, -0.15) is 0 Å². The van der Waals surface area contributed by atoms with E-state index in [-0.39, 0.29) is 17.9 Å². The molecule has 1 aliphatic heterocycles. The molecule has 1 aromatic heterocycles. The summed E-state index contributed by atoms with van der Waals surface area (Å²) in [6, 6.07) is 6.24. The summed E-state index contributed by atoms with van der Waals surface area (Å²) in [5.41, 5.74) is 10.4. The number of aromatic nitrogens is 1. The lowest BCUT2D eigenvalue weighted by Gasteiger charge is -2.33. The average Bonchev–Trinajstić information content (AvgIpc) is 3.07. The van der Waals surface area contributed by atoms with E-state index in [0.29, 0.717) is 0 Å². The van der Waals surface area contributed by atoms with Gasteiger partial charge < -0.3 is 11.1 Å². The number of piperidine rings is 1. The predicted octanol–water partition coefficient (Wildman–Crippen LogP) is 3.44. The lowest BCUT2D eigenvalue weighted by molar-refractivity contribution is -0.127. The van der Waals surface area contributed by atoms with Crippen LogP contribution in [0.15, 0.2) is 23.6 Å². The number of hydrogen-bond donors (Lipinski definition) is 2. The molecule has 0 saturated carbocycles. The van der Waals surface area contributed by atoms with Crippen LogP contribution in [0.5, 0.6) is 0 Å². The second kappa shape index (κ2) is 7.98. The molecule has 3 N–H and O–H groups in total. The third-order valence-corrected chi connectivity index (χ3v) is 6.63. The van der Waals surface area contributed by atoms with Gasteiger partial charge in [-0.1, -0.05) is 6.07 Å². The van der Waals surface area contributed by atoms with Crippen LogP contribution in [0.2, 0.25) is 0 Å². The minimum atomic E-state index is 0.123. The van der Waals surface area contributed by atoms with Gasteiger partial charge in [0.1, 0.15) is 0 Å². The minimum absolute atomic E-state index is 0.123. The second-order valence-corrected chi connectivity index (χ2v) is 8.88. The zero-order valence-corrected chi connectivity index (χ0v) is 16.7. The number of nitrogens with zero attached hydrogens (tertiary/aromatic N) is 2. The van der Waals surface area contributed by atoms with Crippen molar-refractivity contribution >= 4 is 22.9 Å². The van der Waals surface area contributed by atoms with Gasteiger partial charge in [0, 0.05) is 23.5 Å². The first-order valence-corrected chi connectivity index (χ1v) is 10.8. The van der Waals surface area contributed by atoms with Crippen LogP contribution in [0.3, 0.4) is 0 Å². The van der Waals surface area contributed by atoms with Gasteiger partial charge in [0.05, 0.1) is 16.7 Å². The monoisotopic (exact) mass is 384 g/mol. The smallest absolute Gasteiger partial charge is 0.223 e. The van der Waals surface area contributed by atoms with Crippen LogP contribution in [-0.2, 0) is 17.8 Å². The SMILES string of the molecule is Cc1nc(CN2CCC(C(=O)NC3CCCc4cc(N)ccc43)CC2)cs1. The van der Waals surface area contributed by atoms with Crippen LogP contribution in [-0.4, -0.2) is 28.9 Å². The van der Waals surface area contributed by atoms with Crippen LogP contribution in [0.25, 0.3) is 0 Å². The van der Waals surface area contributed by atoms with Crippen molar-refractivity contribution in [3.63, 3.8) is 0 Å². The lowest BCUT2D eigenvalue weighted by Crippen LogP contribution is -2.41. The van der Waals surface area contributed by atoms with Gasteiger partial charge in [-0.15, -0.1) is 11.3 Å². The molecule has 5 nitrogen and oxygen atoms in total. The van der Waals surface area contributed by atoms with Crippen molar-refractivity contribution in [3.05, 3.63) is 45.4 Å². The van der Waals surface area contributed by atoms with E-state index in [4.69, 9.17) is 5.73 Å². The van der Waals surface area contributed by atoms with Crippen molar-refractivity contribution in [2.75, 3.05) is 18.8 Å². The Balaban J connectivity index is 1.31. The van der Waals surface area contributed by atoms with Gasteiger partial charge in [-0.05, 0) is 75.4 Å². The predicted molar refractivity (Wildman–Crippen MR) is 110 cm³/mol. The minimum Gasteiger partial charge on any atom is -0.399 e. The summed E-state index contributed by atoms with van der Waals surface area (Å²) in [6.07, 6.45) is 5.03. The number of nitrogen functional groups attached to an aromatic ring is 1. The first kappa shape index (κ1) is 18.4. The number of anilines is 1. The van der Waals surface area contributed by atoms with E-state index < -0.39 is 0 Å². The topological polar surface area (TPSA) is 71.2 Å². The Labute approximate surface area is 165 Å². The summed E-state index contributed by atoms with van der Waals surface area (Å²) in [5, 5.41) is 6.58. The molecular weight excluding hydrogens is 356 g/mol. The van der Waals surface area contributed by atoms with Gasteiger partial charge in [-0.3, -0.25) is 9.69 Å². The molecule has 2 aromatic rings. The number of nitrogens with two attached hydrogens (primary N) is 1. The lowest BCUT2D eigenvalue weighted by atomic mass is 9.86. The number of rotatable bonds is 4. The van der Waals surface area contributed by atoms with E-state index in [1.54, 1.807) is 11.3 Å². The van der Waals surface area contributed by atoms with Crippen molar-refractivity contribution in [1.29, 1.82) is 0 Å². The number of carbonyl (C=O) groups is 1. The third-order valence-electron chi connectivity index (χ3n) is 5.81. The van der Waals surface area contributed by atoms with Crippen LogP contribution >= 0.6 is 11.3 Å². The summed E-state index contributed by atoms with van der Waals surface area (Å²) in [7, 11) is 0. The Morgan fingerprint density at radius 3 is 2.89 bits per heavy atom. The van der Waals surface area contributed by atoms with E-state index in [2.05, 4.69) is 32.7 Å². The van der Waals surface area contributed by atoms with Gasteiger partial charge >= 0.3 is 0 Å². The molecule has 1 atom stereocenters. The van der Waals surface area contributed by atoms with E-state index >= 15 is 0 Å². The molecule has 1 fully saturated rings. The second-order valence-electron chi connectivity index (χ2n) is 7.82. The van der Waals surface area contributed by atoms with Crippen molar-refractivity contribution in [2.45, 2.75) is 51.6 Å². The molecule has 1 saturated heterocycles. The maximum atomic E-state index is 12.8. The summed E-state index contributed by atoms with van der Waals surface area (Å²) in [5.74, 6) is 0.339. The molecule has 1 aromatic carbocycles. The van der Waals surface area contributed by atoms with Crippen LogP contribution in [0.1, 0.15) is 53.6 Å². The number of benzene rings is 1. The third kappa shape index (κ3) is 4.33. The zero-order valence-electron chi connectivity index (χ0n) is 15.9. The fraction of sp³-hybridized carbons (Fsp3) is 0.524. The number of amides is 1. The Morgan fingerprint density at radius 2 is 2.15 bits per heavy atom. The number of nitrogens with one attached hydrogen (secondary N) is 1. The van der Waals surface area contributed by atoms with Gasteiger partial charge in [0.2, 0.25) is 5.91 Å². The number of hydrogen-bond acceptors (Lipinski definition) is 5. The number of aryl methyl sites for hydroxylation is 2. The first-order chi connectivity index (χ1) is 13.1. The Hall–Kier alpha value is -1.92. The Kier molecular flexibility index (Phi) is 5.45. The van der Waals surface area contributed by atoms with Gasteiger partial charge in [-0.25, -0.2) is 4.98 Å². The molecule has 0 bridgehead atoms. The van der Waals surface area contributed by atoms with Crippen molar-refractivity contribution in [3.8, 4) is 0 Å². The summed E-state index contributed by atoms with van der Waals surface area (Å²) >= 11 is 1.70. The standard InChI is InChI=1S/C21H28N4OS/c1-14-23-18(13-27-14)12-25-9-7-15(8-10-25)21(26)24-20-4-2-3-16-11-17(22)5-6-19(16)20/h5-6,11,13,15,20H,2-4,7-10,12,22H2,1H3,(H,24,26). The summed E-state index contributed by atoms with van der Waals surface area (Å²) < 4.78 is 0. The molecule has 6 heteroatoms. The Bertz CT molecular complexity index is 810. The molecule has 0 radical (unpaired) electrons. The average molecular weight is 385 g/mol. The maximum absolute atomic E-state index is 12.8. The number of thiazole rings is 1. The molecule has 1 amide bonds. The van der Waals surface area contributed by atoms with Crippen molar-refractivity contribution in [1.82, 2.24) is 15.2 Å². The highest BCUT2D eigenvalue weighted by Gasteiger charge is 2.28. The molecule has 27 heavy (non-hydrogen) atoms. The van der Waals surface area contributed by atoms with Crippen molar-refractivity contribution in [2.24, 2.45) is 5.92 Å². The van der Waals surface area contributed by atoms with Crippen LogP contribution < -0.4 is 11.1 Å². The first-order valence-electron chi connectivity index (χ1n) is 9.90. The number of likely N-dealkylation sites (tertiary alicyclic amines) is 1. The molecule has 2 heterocycles. The largest absolute Gasteiger partial charge is 0.399 e. The van der Waals surface area contributed by atoms with Crippen molar-refractivity contribution < 1.29 is 4.79 Å². The van der Waals surface area contributed by atoms with E-state index in [0.717, 1.165) is 68.1 Å². The highest BCUT2D eigenvalue weighted by atomic mass is 32.1. The highest BCUT2D eigenvalue weighted by Crippen LogP contribution is 2.31. The molecule has 1 aliphatic carbocycles. The highest BCUT2D eigenvalue weighted by molar-refractivity contribution is 7.09. The van der Waals surface area contributed by atoms with Gasteiger partial charge in [0.15, 0.2) is 0 Å². The molecule has 0 spiro atoms.